The van der Waals surface area contributed by atoms with Crippen molar-refractivity contribution < 1.29 is 4.39 Å². The van der Waals surface area contributed by atoms with Crippen LogP contribution < -0.4 is 0 Å². The topological polar surface area (TPSA) is 25.8 Å². The van der Waals surface area contributed by atoms with E-state index >= 15 is 0 Å². The van der Waals surface area contributed by atoms with Crippen LogP contribution >= 0.6 is 43.5 Å². The standard InChI is InChI=1S/C15H8Br2ClFN2/c1-7-2-3-8(4-12(7)19)15-20-13-10(14(18)21-15)5-9(16)6-11(13)17/h2-6H,1H3. The third-order valence-electron chi connectivity index (χ3n) is 3.10. The Bertz CT molecular complexity index is 868. The van der Waals surface area contributed by atoms with Gasteiger partial charge in [-0.3, -0.25) is 0 Å². The van der Waals surface area contributed by atoms with E-state index in [0.29, 0.717) is 27.6 Å². The molecule has 0 fully saturated rings. The van der Waals surface area contributed by atoms with Crippen molar-refractivity contribution in [3.05, 3.63) is 55.8 Å². The molecule has 0 radical (unpaired) electrons. The predicted molar refractivity (Wildman–Crippen MR) is 90.1 cm³/mol. The first kappa shape index (κ1) is 14.9. The first-order valence-electron chi connectivity index (χ1n) is 6.04. The number of halogens is 4. The third kappa shape index (κ3) is 2.82. The van der Waals surface area contributed by atoms with Gasteiger partial charge in [0.25, 0.3) is 0 Å². The van der Waals surface area contributed by atoms with Crippen LogP contribution in [0.25, 0.3) is 22.3 Å². The van der Waals surface area contributed by atoms with Crippen molar-refractivity contribution >= 4 is 54.4 Å². The van der Waals surface area contributed by atoms with Gasteiger partial charge in [0.2, 0.25) is 0 Å². The summed E-state index contributed by atoms with van der Waals surface area (Å²) in [5.41, 5.74) is 1.86. The fourth-order valence-electron chi connectivity index (χ4n) is 1.98. The molecule has 3 aromatic rings. The Hall–Kier alpha value is -1.04. The normalized spacial score (nSPS) is 11.1. The summed E-state index contributed by atoms with van der Waals surface area (Å²) in [7, 11) is 0. The Morgan fingerprint density at radius 2 is 1.86 bits per heavy atom. The fourth-order valence-corrected chi connectivity index (χ4v) is 3.52. The van der Waals surface area contributed by atoms with Gasteiger partial charge < -0.3 is 0 Å². The number of fused-ring (bicyclic) bond motifs is 1. The molecule has 0 saturated heterocycles. The maximum absolute atomic E-state index is 13.7. The number of hydrogen-bond acceptors (Lipinski definition) is 2. The molecule has 1 aromatic heterocycles. The molecule has 106 valence electrons. The van der Waals surface area contributed by atoms with E-state index in [-0.39, 0.29) is 5.82 Å². The van der Waals surface area contributed by atoms with Crippen molar-refractivity contribution in [2.24, 2.45) is 0 Å². The molecule has 0 aliphatic carbocycles. The second-order valence-corrected chi connectivity index (χ2v) is 6.71. The summed E-state index contributed by atoms with van der Waals surface area (Å²) >= 11 is 13.1. The Balaban J connectivity index is 2.27. The molecule has 2 nitrogen and oxygen atoms in total. The summed E-state index contributed by atoms with van der Waals surface area (Å²) in [6.07, 6.45) is 0. The molecule has 1 heterocycles. The molecule has 0 saturated carbocycles. The maximum atomic E-state index is 13.7. The average molecular weight is 431 g/mol. The van der Waals surface area contributed by atoms with Crippen LogP contribution in [-0.4, -0.2) is 9.97 Å². The van der Waals surface area contributed by atoms with Gasteiger partial charge in [-0.2, -0.15) is 0 Å². The van der Waals surface area contributed by atoms with Crippen LogP contribution in [0.2, 0.25) is 5.15 Å². The van der Waals surface area contributed by atoms with Crippen molar-refractivity contribution in [2.45, 2.75) is 6.92 Å². The molecule has 21 heavy (non-hydrogen) atoms. The van der Waals surface area contributed by atoms with Crippen LogP contribution in [0.4, 0.5) is 4.39 Å². The summed E-state index contributed by atoms with van der Waals surface area (Å²) in [5.74, 6) is 0.108. The van der Waals surface area contributed by atoms with E-state index < -0.39 is 0 Å². The van der Waals surface area contributed by atoms with Gasteiger partial charge in [0.15, 0.2) is 5.82 Å². The van der Waals surface area contributed by atoms with Crippen LogP contribution in [0.3, 0.4) is 0 Å². The molecule has 0 aliphatic heterocycles. The number of aromatic nitrogens is 2. The molecule has 3 rings (SSSR count). The molecule has 0 amide bonds. The van der Waals surface area contributed by atoms with E-state index in [9.17, 15) is 4.39 Å². The summed E-state index contributed by atoms with van der Waals surface area (Å²) in [5, 5.41) is 1.06. The van der Waals surface area contributed by atoms with Gasteiger partial charge in [-0.25, -0.2) is 14.4 Å². The summed E-state index contributed by atoms with van der Waals surface area (Å²) < 4.78 is 15.4. The highest BCUT2D eigenvalue weighted by atomic mass is 79.9. The van der Waals surface area contributed by atoms with E-state index in [2.05, 4.69) is 41.8 Å². The number of benzene rings is 2. The molecule has 0 bridgehead atoms. The Labute approximate surface area is 142 Å². The van der Waals surface area contributed by atoms with E-state index in [1.54, 1.807) is 19.1 Å². The van der Waals surface area contributed by atoms with Crippen molar-refractivity contribution in [1.82, 2.24) is 9.97 Å². The zero-order valence-electron chi connectivity index (χ0n) is 10.8. The highest BCUT2D eigenvalue weighted by Gasteiger charge is 2.12. The van der Waals surface area contributed by atoms with Crippen LogP contribution in [0.15, 0.2) is 39.3 Å². The summed E-state index contributed by atoms with van der Waals surface area (Å²) in [6, 6.07) is 8.62. The Morgan fingerprint density at radius 3 is 2.57 bits per heavy atom. The van der Waals surface area contributed by atoms with E-state index in [1.807, 2.05) is 12.1 Å². The predicted octanol–water partition coefficient (Wildman–Crippen LogP) is 5.92. The van der Waals surface area contributed by atoms with E-state index in [0.717, 1.165) is 14.3 Å². The highest BCUT2D eigenvalue weighted by molar-refractivity contribution is 9.11. The van der Waals surface area contributed by atoms with Gasteiger partial charge >= 0.3 is 0 Å². The summed E-state index contributed by atoms with van der Waals surface area (Å²) in [6.45, 7) is 1.71. The lowest BCUT2D eigenvalue weighted by Gasteiger charge is -2.07. The molecule has 0 atom stereocenters. The van der Waals surface area contributed by atoms with Gasteiger partial charge in [0.05, 0.1) is 5.52 Å². The monoisotopic (exact) mass is 428 g/mol. The minimum Gasteiger partial charge on any atom is -0.227 e. The van der Waals surface area contributed by atoms with Gasteiger partial charge in [-0.1, -0.05) is 39.7 Å². The van der Waals surface area contributed by atoms with Gasteiger partial charge in [0.1, 0.15) is 11.0 Å². The first-order valence-corrected chi connectivity index (χ1v) is 8.01. The van der Waals surface area contributed by atoms with Gasteiger partial charge in [-0.05, 0) is 46.6 Å². The maximum Gasteiger partial charge on any atom is 0.161 e. The minimum atomic E-state index is -0.290. The molecule has 2 aromatic carbocycles. The van der Waals surface area contributed by atoms with Crippen molar-refractivity contribution in [3.63, 3.8) is 0 Å². The molecular formula is C15H8Br2ClFN2. The molecule has 0 unspecified atom stereocenters. The SMILES string of the molecule is Cc1ccc(-c2nc(Cl)c3cc(Br)cc(Br)c3n2)cc1F. The van der Waals surface area contributed by atoms with Crippen molar-refractivity contribution in [1.29, 1.82) is 0 Å². The smallest absolute Gasteiger partial charge is 0.161 e. The molecular weight excluding hydrogens is 422 g/mol. The number of aryl methyl sites for hydroxylation is 1. The fraction of sp³-hybridized carbons (Fsp3) is 0.0667. The minimum absolute atomic E-state index is 0.290. The lowest BCUT2D eigenvalue weighted by atomic mass is 10.1. The second kappa shape index (κ2) is 5.63. The van der Waals surface area contributed by atoms with Gasteiger partial charge in [-0.15, -0.1) is 0 Å². The van der Waals surface area contributed by atoms with E-state index in [4.69, 9.17) is 11.6 Å². The number of nitrogens with zero attached hydrogens (tertiary/aromatic N) is 2. The quantitative estimate of drug-likeness (QED) is 0.448. The zero-order valence-corrected chi connectivity index (χ0v) is 14.7. The zero-order chi connectivity index (χ0) is 15.1. The van der Waals surface area contributed by atoms with E-state index in [1.165, 1.54) is 6.07 Å². The van der Waals surface area contributed by atoms with Crippen molar-refractivity contribution in [3.8, 4) is 11.4 Å². The van der Waals surface area contributed by atoms with Crippen LogP contribution in [0.1, 0.15) is 5.56 Å². The molecule has 0 spiro atoms. The first-order chi connectivity index (χ1) is 9.95. The molecule has 0 N–H and O–H groups in total. The largest absolute Gasteiger partial charge is 0.227 e. The van der Waals surface area contributed by atoms with Crippen LogP contribution in [0.5, 0.6) is 0 Å². The lowest BCUT2D eigenvalue weighted by molar-refractivity contribution is 0.619. The van der Waals surface area contributed by atoms with Crippen LogP contribution in [0, 0.1) is 12.7 Å². The third-order valence-corrected chi connectivity index (χ3v) is 4.45. The number of hydrogen-bond donors (Lipinski definition) is 0. The molecule has 0 aliphatic rings. The number of rotatable bonds is 1. The van der Waals surface area contributed by atoms with Gasteiger partial charge in [0, 0.05) is 19.9 Å². The summed E-state index contributed by atoms with van der Waals surface area (Å²) in [4.78, 5) is 8.76. The lowest BCUT2D eigenvalue weighted by Crippen LogP contribution is -1.94. The molecule has 6 heteroatoms. The highest BCUT2D eigenvalue weighted by Crippen LogP contribution is 2.32. The Kier molecular flexibility index (Phi) is 3.99. The second-order valence-electron chi connectivity index (χ2n) is 4.59. The average Bonchev–Trinajstić information content (AvgIpc) is 2.43. The van der Waals surface area contributed by atoms with Crippen molar-refractivity contribution in [2.75, 3.05) is 0 Å². The Morgan fingerprint density at radius 1 is 1.10 bits per heavy atom. The van der Waals surface area contributed by atoms with Crippen LogP contribution in [-0.2, 0) is 0 Å².